The Morgan fingerprint density at radius 2 is 1.86 bits per heavy atom. The van der Waals surface area contributed by atoms with Gasteiger partial charge in [-0.2, -0.15) is 0 Å². The molecule has 5 heteroatoms. The van der Waals surface area contributed by atoms with Crippen LogP contribution in [-0.2, 0) is 13.0 Å². The predicted octanol–water partition coefficient (Wildman–Crippen LogP) is 5.62. The van der Waals surface area contributed by atoms with Crippen molar-refractivity contribution in [2.75, 3.05) is 0 Å². The molecule has 0 aliphatic carbocycles. The lowest BCUT2D eigenvalue weighted by molar-refractivity contribution is 0.0966. The zero-order chi connectivity index (χ0) is 21.1. The average molecular weight is 411 g/mol. The quantitative estimate of drug-likeness (QED) is 0.489. The Bertz CT molecular complexity index is 1070. The van der Waals surface area contributed by atoms with E-state index >= 15 is 0 Å². The van der Waals surface area contributed by atoms with Crippen molar-refractivity contribution < 1.29 is 9.59 Å². The van der Waals surface area contributed by atoms with Crippen molar-refractivity contribution in [3.05, 3.63) is 69.9 Å². The van der Waals surface area contributed by atoms with Gasteiger partial charge in [-0.05, 0) is 36.1 Å². The molecule has 1 aromatic heterocycles. The van der Waals surface area contributed by atoms with Crippen LogP contribution in [0.1, 0.15) is 65.6 Å². The summed E-state index contributed by atoms with van der Waals surface area (Å²) in [6, 6.07) is 13.0. The maximum absolute atomic E-state index is 13.2. The van der Waals surface area contributed by atoms with E-state index in [-0.39, 0.29) is 11.7 Å². The SMILES string of the molecule is CCCc1c(C(=O)CC(C)C)c2ccc(C(N)=O)cc2n1Cc1ccccc1Cl. The molecule has 2 N–H and O–H groups in total. The topological polar surface area (TPSA) is 65.1 Å². The molecule has 152 valence electrons. The molecule has 29 heavy (non-hydrogen) atoms. The number of amides is 1. The van der Waals surface area contributed by atoms with E-state index in [1.807, 2.05) is 44.2 Å². The molecule has 2 aromatic carbocycles. The molecule has 0 bridgehead atoms. The van der Waals surface area contributed by atoms with E-state index in [2.05, 4.69) is 11.5 Å². The van der Waals surface area contributed by atoms with Gasteiger partial charge in [0.05, 0.1) is 5.52 Å². The van der Waals surface area contributed by atoms with Crippen molar-refractivity contribution >= 4 is 34.2 Å². The minimum absolute atomic E-state index is 0.137. The number of benzene rings is 2. The van der Waals surface area contributed by atoms with E-state index in [1.165, 1.54) is 0 Å². The van der Waals surface area contributed by atoms with E-state index in [0.717, 1.165) is 40.6 Å². The second-order valence-corrected chi connectivity index (χ2v) is 8.27. The number of hydrogen-bond donors (Lipinski definition) is 1. The van der Waals surface area contributed by atoms with Gasteiger partial charge in [0.1, 0.15) is 0 Å². The van der Waals surface area contributed by atoms with Gasteiger partial charge in [-0.3, -0.25) is 9.59 Å². The van der Waals surface area contributed by atoms with Crippen molar-refractivity contribution in [2.45, 2.75) is 46.6 Å². The van der Waals surface area contributed by atoms with Crippen molar-refractivity contribution in [1.82, 2.24) is 4.57 Å². The number of halogens is 1. The molecule has 0 aliphatic heterocycles. The van der Waals surface area contributed by atoms with Gasteiger partial charge in [0.2, 0.25) is 5.91 Å². The molecule has 3 rings (SSSR count). The number of carbonyl (C=O) groups is 2. The molecule has 0 fully saturated rings. The number of hydrogen-bond acceptors (Lipinski definition) is 2. The Kier molecular flexibility index (Phi) is 6.43. The Labute approximate surface area is 176 Å². The molecule has 1 amide bonds. The van der Waals surface area contributed by atoms with Crippen LogP contribution in [0.5, 0.6) is 0 Å². The number of carbonyl (C=O) groups excluding carboxylic acids is 2. The van der Waals surface area contributed by atoms with E-state index in [0.29, 0.717) is 23.6 Å². The van der Waals surface area contributed by atoms with Crippen LogP contribution in [0.2, 0.25) is 5.02 Å². The minimum Gasteiger partial charge on any atom is -0.366 e. The molecule has 0 saturated heterocycles. The fourth-order valence-electron chi connectivity index (χ4n) is 3.81. The third kappa shape index (κ3) is 4.38. The number of ketones is 1. The number of nitrogens with zero attached hydrogens (tertiary/aromatic N) is 1. The third-order valence-corrected chi connectivity index (χ3v) is 5.47. The monoisotopic (exact) mass is 410 g/mol. The van der Waals surface area contributed by atoms with Gasteiger partial charge in [0.15, 0.2) is 5.78 Å². The lowest BCUT2D eigenvalue weighted by atomic mass is 9.97. The van der Waals surface area contributed by atoms with E-state index in [9.17, 15) is 9.59 Å². The van der Waals surface area contributed by atoms with Gasteiger partial charge in [-0.1, -0.05) is 63.1 Å². The molecule has 0 aliphatic rings. The van der Waals surface area contributed by atoms with Gasteiger partial charge in [-0.25, -0.2) is 0 Å². The fraction of sp³-hybridized carbons (Fsp3) is 0.333. The standard InChI is InChI=1S/C24H27ClN2O2/c1-4-7-20-23(22(28)12-15(2)3)18-11-10-16(24(26)29)13-21(18)27(20)14-17-8-5-6-9-19(17)25/h5-6,8-11,13,15H,4,7,12,14H2,1-3H3,(H2,26,29). The van der Waals surface area contributed by atoms with E-state index < -0.39 is 5.91 Å². The molecule has 0 saturated carbocycles. The maximum Gasteiger partial charge on any atom is 0.248 e. The van der Waals surface area contributed by atoms with Crippen molar-refractivity contribution in [1.29, 1.82) is 0 Å². The number of nitrogens with two attached hydrogens (primary N) is 1. The van der Waals surface area contributed by atoms with Gasteiger partial charge >= 0.3 is 0 Å². The first-order chi connectivity index (χ1) is 13.8. The first-order valence-corrected chi connectivity index (χ1v) is 10.4. The van der Waals surface area contributed by atoms with Crippen LogP contribution >= 0.6 is 11.6 Å². The van der Waals surface area contributed by atoms with Crippen LogP contribution in [0, 0.1) is 5.92 Å². The van der Waals surface area contributed by atoms with Crippen molar-refractivity contribution in [3.63, 3.8) is 0 Å². The summed E-state index contributed by atoms with van der Waals surface area (Å²) in [7, 11) is 0. The summed E-state index contributed by atoms with van der Waals surface area (Å²) in [4.78, 5) is 25.0. The summed E-state index contributed by atoms with van der Waals surface area (Å²) < 4.78 is 2.13. The van der Waals surface area contributed by atoms with E-state index in [1.54, 1.807) is 12.1 Å². The summed E-state index contributed by atoms with van der Waals surface area (Å²) in [5.41, 5.74) is 9.53. The Balaban J connectivity index is 2.29. The molecule has 0 atom stereocenters. The van der Waals surface area contributed by atoms with Gasteiger partial charge in [0, 0.05) is 40.2 Å². The highest BCUT2D eigenvalue weighted by Crippen LogP contribution is 2.32. The second kappa shape index (κ2) is 8.83. The van der Waals surface area contributed by atoms with Gasteiger partial charge < -0.3 is 10.3 Å². The van der Waals surface area contributed by atoms with Crippen LogP contribution in [0.25, 0.3) is 10.9 Å². The Morgan fingerprint density at radius 1 is 1.14 bits per heavy atom. The lowest BCUT2D eigenvalue weighted by Gasteiger charge is -2.13. The number of Topliss-reactive ketones (excluding diaryl/α,β-unsaturated/α-hetero) is 1. The first kappa shape index (κ1) is 21.1. The van der Waals surface area contributed by atoms with Crippen molar-refractivity contribution in [2.24, 2.45) is 11.7 Å². The number of aromatic nitrogens is 1. The number of fused-ring (bicyclic) bond motifs is 1. The summed E-state index contributed by atoms with van der Waals surface area (Å²) in [5, 5.41) is 1.55. The summed E-state index contributed by atoms with van der Waals surface area (Å²) in [6.07, 6.45) is 2.16. The third-order valence-electron chi connectivity index (χ3n) is 5.10. The summed E-state index contributed by atoms with van der Waals surface area (Å²) in [5.74, 6) is -0.0773. The summed E-state index contributed by atoms with van der Waals surface area (Å²) >= 11 is 6.42. The minimum atomic E-state index is -0.482. The maximum atomic E-state index is 13.2. The Morgan fingerprint density at radius 3 is 2.48 bits per heavy atom. The molecule has 0 radical (unpaired) electrons. The zero-order valence-corrected chi connectivity index (χ0v) is 17.9. The van der Waals surface area contributed by atoms with Crippen LogP contribution in [0.3, 0.4) is 0 Å². The Hall–Kier alpha value is -2.59. The van der Waals surface area contributed by atoms with Crippen molar-refractivity contribution in [3.8, 4) is 0 Å². The second-order valence-electron chi connectivity index (χ2n) is 7.87. The molecular formula is C24H27ClN2O2. The first-order valence-electron chi connectivity index (χ1n) is 10.0. The predicted molar refractivity (Wildman–Crippen MR) is 119 cm³/mol. The molecule has 1 heterocycles. The summed E-state index contributed by atoms with van der Waals surface area (Å²) in [6.45, 7) is 6.72. The number of rotatable bonds is 8. The molecular weight excluding hydrogens is 384 g/mol. The van der Waals surface area contributed by atoms with Crippen LogP contribution in [0.15, 0.2) is 42.5 Å². The van der Waals surface area contributed by atoms with Crippen LogP contribution in [0.4, 0.5) is 0 Å². The highest BCUT2D eigenvalue weighted by molar-refractivity contribution is 6.31. The van der Waals surface area contributed by atoms with Gasteiger partial charge in [0.25, 0.3) is 0 Å². The highest BCUT2D eigenvalue weighted by atomic mass is 35.5. The molecule has 0 unspecified atom stereocenters. The molecule has 4 nitrogen and oxygen atoms in total. The molecule has 0 spiro atoms. The van der Waals surface area contributed by atoms with E-state index in [4.69, 9.17) is 17.3 Å². The normalized spacial score (nSPS) is 11.3. The number of primary amides is 1. The van der Waals surface area contributed by atoms with Crippen LogP contribution < -0.4 is 5.73 Å². The zero-order valence-electron chi connectivity index (χ0n) is 17.2. The largest absolute Gasteiger partial charge is 0.366 e. The average Bonchev–Trinajstić information content (AvgIpc) is 2.96. The molecule has 3 aromatic rings. The van der Waals surface area contributed by atoms with Crippen LogP contribution in [-0.4, -0.2) is 16.3 Å². The fourth-order valence-corrected chi connectivity index (χ4v) is 4.01. The smallest absolute Gasteiger partial charge is 0.248 e. The van der Waals surface area contributed by atoms with Gasteiger partial charge in [-0.15, -0.1) is 0 Å². The lowest BCUT2D eigenvalue weighted by Crippen LogP contribution is -2.11. The highest BCUT2D eigenvalue weighted by Gasteiger charge is 2.23.